The second-order valence-corrected chi connectivity index (χ2v) is 10.7. The van der Waals surface area contributed by atoms with E-state index in [1.165, 1.54) is 33.5 Å². The van der Waals surface area contributed by atoms with Gasteiger partial charge >= 0.3 is 0 Å². The summed E-state index contributed by atoms with van der Waals surface area (Å²) in [4.78, 5) is 33.2. The summed E-state index contributed by atoms with van der Waals surface area (Å²) in [5, 5.41) is 20.0. The number of anilines is 3. The van der Waals surface area contributed by atoms with Crippen molar-refractivity contribution in [2.24, 2.45) is 5.92 Å². The molecule has 0 unspecified atom stereocenters. The highest BCUT2D eigenvalue weighted by atomic mass is 32.2. The summed E-state index contributed by atoms with van der Waals surface area (Å²) >= 11 is 0. The standard InChI is InChI=1S/C22H29N9O6S/c1-12(2)9-16(32)26-15-10-14(18(29-28-15)22(33)23-3)25-21-19(36-5)13(7-8-24-21)20-27-17(37-30-20)11-31(4)38(6,34)35/h7-8,10,12H,9,11H2,1-6H3,(H,23,33)(H2,24,25,26,28,32). The number of hydrogen-bond acceptors (Lipinski definition) is 12. The molecule has 0 aromatic carbocycles. The lowest BCUT2D eigenvalue weighted by atomic mass is 10.1. The predicted molar refractivity (Wildman–Crippen MR) is 137 cm³/mol. The van der Waals surface area contributed by atoms with Gasteiger partial charge in [-0.1, -0.05) is 19.0 Å². The van der Waals surface area contributed by atoms with Crippen LogP contribution in [0.2, 0.25) is 0 Å². The van der Waals surface area contributed by atoms with E-state index >= 15 is 0 Å². The van der Waals surface area contributed by atoms with Crippen molar-refractivity contribution in [1.82, 2.24) is 34.9 Å². The summed E-state index contributed by atoms with van der Waals surface area (Å²) in [5.41, 5.74) is 0.538. The number of sulfonamides is 1. The van der Waals surface area contributed by atoms with Crippen LogP contribution < -0.4 is 20.7 Å². The van der Waals surface area contributed by atoms with Gasteiger partial charge in [-0.05, 0) is 12.0 Å². The molecule has 0 bridgehead atoms. The fourth-order valence-electron chi connectivity index (χ4n) is 3.18. The number of nitrogens with one attached hydrogen (secondary N) is 3. The van der Waals surface area contributed by atoms with Gasteiger partial charge in [0.2, 0.25) is 27.6 Å². The van der Waals surface area contributed by atoms with Crippen molar-refractivity contribution >= 4 is 39.2 Å². The summed E-state index contributed by atoms with van der Waals surface area (Å²) in [5.74, 6) is 0.100. The molecule has 3 heterocycles. The molecule has 204 valence electrons. The van der Waals surface area contributed by atoms with Crippen LogP contribution in [0.1, 0.15) is 36.6 Å². The fourth-order valence-corrected chi connectivity index (χ4v) is 3.53. The average molecular weight is 548 g/mol. The zero-order chi connectivity index (χ0) is 28.0. The summed E-state index contributed by atoms with van der Waals surface area (Å²) in [6, 6.07) is 3.04. The molecule has 15 nitrogen and oxygen atoms in total. The van der Waals surface area contributed by atoms with Crippen molar-refractivity contribution in [2.45, 2.75) is 26.8 Å². The van der Waals surface area contributed by atoms with Crippen LogP contribution in [-0.2, 0) is 21.4 Å². The number of pyridine rings is 1. The van der Waals surface area contributed by atoms with Crippen LogP contribution in [0.25, 0.3) is 11.4 Å². The van der Waals surface area contributed by atoms with Gasteiger partial charge in [0.15, 0.2) is 23.1 Å². The van der Waals surface area contributed by atoms with Gasteiger partial charge in [0.05, 0.1) is 31.2 Å². The molecule has 3 aromatic rings. The first kappa shape index (κ1) is 28.4. The molecule has 0 saturated heterocycles. The van der Waals surface area contributed by atoms with Crippen molar-refractivity contribution in [3.05, 3.63) is 29.9 Å². The molecule has 3 aromatic heterocycles. The molecule has 16 heteroatoms. The maximum absolute atomic E-state index is 12.4. The maximum Gasteiger partial charge on any atom is 0.273 e. The third kappa shape index (κ3) is 6.98. The zero-order valence-corrected chi connectivity index (χ0v) is 22.6. The van der Waals surface area contributed by atoms with Crippen LogP contribution in [0.4, 0.5) is 17.3 Å². The van der Waals surface area contributed by atoms with Gasteiger partial charge in [-0.2, -0.15) is 9.29 Å². The Balaban J connectivity index is 1.96. The SMILES string of the molecule is CNC(=O)c1nnc(NC(=O)CC(C)C)cc1Nc1nccc(-c2noc(CN(C)S(C)(=O)=O)n2)c1OC. The minimum absolute atomic E-state index is 0.0470. The van der Waals surface area contributed by atoms with Crippen molar-refractivity contribution < 1.29 is 27.3 Å². The molecule has 3 rings (SSSR count). The second kappa shape index (κ2) is 11.9. The molecule has 0 aliphatic rings. The van der Waals surface area contributed by atoms with E-state index in [-0.39, 0.29) is 65.3 Å². The molecule has 0 radical (unpaired) electrons. The summed E-state index contributed by atoms with van der Waals surface area (Å²) in [7, 11) is 0.793. The van der Waals surface area contributed by atoms with Crippen LogP contribution >= 0.6 is 0 Å². The smallest absolute Gasteiger partial charge is 0.273 e. The Morgan fingerprint density at radius 3 is 2.61 bits per heavy atom. The number of carbonyl (C=O) groups excluding carboxylic acids is 2. The quantitative estimate of drug-likeness (QED) is 0.313. The number of carbonyl (C=O) groups is 2. The highest BCUT2D eigenvalue weighted by Crippen LogP contribution is 2.35. The van der Waals surface area contributed by atoms with Gasteiger partial charge in [-0.15, -0.1) is 10.2 Å². The van der Waals surface area contributed by atoms with Gasteiger partial charge < -0.3 is 25.2 Å². The van der Waals surface area contributed by atoms with Crippen molar-refractivity contribution in [3.63, 3.8) is 0 Å². The Hall–Kier alpha value is -4.18. The number of methoxy groups -OCH3 is 1. The number of amides is 2. The van der Waals surface area contributed by atoms with Gasteiger partial charge in [-0.3, -0.25) is 9.59 Å². The fraction of sp³-hybridized carbons (Fsp3) is 0.409. The van der Waals surface area contributed by atoms with Crippen LogP contribution in [0.15, 0.2) is 22.9 Å². The minimum atomic E-state index is -3.45. The van der Waals surface area contributed by atoms with Crippen LogP contribution in [0, 0.1) is 5.92 Å². The molecule has 0 aliphatic heterocycles. The van der Waals surface area contributed by atoms with E-state index in [1.54, 1.807) is 6.07 Å². The molecule has 0 aliphatic carbocycles. The number of nitrogens with zero attached hydrogens (tertiary/aromatic N) is 6. The first-order chi connectivity index (χ1) is 17.9. The van der Waals surface area contributed by atoms with E-state index in [9.17, 15) is 18.0 Å². The molecule has 3 N–H and O–H groups in total. The second-order valence-electron chi connectivity index (χ2n) is 8.61. The Labute approximate surface area is 219 Å². The first-order valence-electron chi connectivity index (χ1n) is 11.4. The molecule has 2 amide bonds. The topological polar surface area (TPSA) is 194 Å². The third-order valence-electron chi connectivity index (χ3n) is 5.09. The number of aromatic nitrogens is 5. The highest BCUT2D eigenvalue weighted by Gasteiger charge is 2.22. The molecule has 0 atom stereocenters. The monoisotopic (exact) mass is 547 g/mol. The molecule has 0 fully saturated rings. The molecule has 0 spiro atoms. The van der Waals surface area contributed by atoms with Crippen LogP contribution in [-0.4, -0.2) is 77.3 Å². The largest absolute Gasteiger partial charge is 0.492 e. The lowest BCUT2D eigenvalue weighted by molar-refractivity contribution is -0.116. The van der Waals surface area contributed by atoms with Crippen LogP contribution in [0.3, 0.4) is 0 Å². The number of ether oxygens (including phenoxy) is 1. The molecular formula is C22H29N9O6S. The van der Waals surface area contributed by atoms with Crippen molar-refractivity contribution in [3.8, 4) is 17.1 Å². The van der Waals surface area contributed by atoms with Gasteiger partial charge in [-0.25, -0.2) is 13.4 Å². The van der Waals surface area contributed by atoms with E-state index in [0.717, 1.165) is 10.6 Å². The number of hydrogen-bond donors (Lipinski definition) is 3. The summed E-state index contributed by atoms with van der Waals surface area (Å²) in [6.45, 7) is 3.71. The lowest BCUT2D eigenvalue weighted by Crippen LogP contribution is -2.25. The predicted octanol–water partition coefficient (Wildman–Crippen LogP) is 1.41. The van der Waals surface area contributed by atoms with E-state index < -0.39 is 15.9 Å². The van der Waals surface area contributed by atoms with Gasteiger partial charge in [0.25, 0.3) is 5.91 Å². The van der Waals surface area contributed by atoms with E-state index in [1.807, 2.05) is 13.8 Å². The maximum atomic E-state index is 12.4. The lowest BCUT2D eigenvalue weighted by Gasteiger charge is -2.15. The van der Waals surface area contributed by atoms with E-state index in [0.29, 0.717) is 5.56 Å². The Morgan fingerprint density at radius 1 is 1.24 bits per heavy atom. The summed E-state index contributed by atoms with van der Waals surface area (Å²) < 4.78 is 35.2. The zero-order valence-electron chi connectivity index (χ0n) is 21.8. The van der Waals surface area contributed by atoms with Crippen molar-refractivity contribution in [1.29, 1.82) is 0 Å². The normalized spacial score (nSPS) is 11.5. The molecule has 0 saturated carbocycles. The Bertz CT molecular complexity index is 1420. The molecule has 38 heavy (non-hydrogen) atoms. The Morgan fingerprint density at radius 2 is 1.97 bits per heavy atom. The average Bonchev–Trinajstić information content (AvgIpc) is 3.30. The minimum Gasteiger partial charge on any atom is -0.492 e. The van der Waals surface area contributed by atoms with E-state index in [2.05, 4.69) is 41.3 Å². The Kier molecular flexibility index (Phi) is 8.90. The molecular weight excluding hydrogens is 518 g/mol. The van der Waals surface area contributed by atoms with Gasteiger partial charge in [0.1, 0.15) is 0 Å². The summed E-state index contributed by atoms with van der Waals surface area (Å²) in [6.07, 6.45) is 2.81. The van der Waals surface area contributed by atoms with Crippen LogP contribution in [0.5, 0.6) is 5.75 Å². The third-order valence-corrected chi connectivity index (χ3v) is 6.35. The van der Waals surface area contributed by atoms with Gasteiger partial charge in [0, 0.05) is 32.8 Å². The highest BCUT2D eigenvalue weighted by molar-refractivity contribution is 7.88. The van der Waals surface area contributed by atoms with Crippen molar-refractivity contribution in [2.75, 3.05) is 38.1 Å². The van der Waals surface area contributed by atoms with E-state index in [4.69, 9.17) is 9.26 Å². The first-order valence-corrected chi connectivity index (χ1v) is 13.2. The number of rotatable bonds is 11.